The minimum Gasteiger partial charge on any atom is -0.449 e. The second kappa shape index (κ2) is 9.49. The predicted octanol–water partition coefficient (Wildman–Crippen LogP) is 3.18. The van der Waals surface area contributed by atoms with Gasteiger partial charge < -0.3 is 19.6 Å². The number of ether oxygens (including phenoxy) is 1. The number of fused-ring (bicyclic) bond motifs is 1. The SMILES string of the molecule is CCCCOC(=O)N1CCN(C(=O)c2c(F)c(Cl)c(Br)c3cn(C)nc23)[C@@H](CO)C1. The fourth-order valence-electron chi connectivity index (χ4n) is 3.44. The summed E-state index contributed by atoms with van der Waals surface area (Å²) < 4.78 is 22.0. The fourth-order valence-corrected chi connectivity index (χ4v) is 4.10. The molecule has 1 aromatic heterocycles. The number of aryl methyl sites for hydroxylation is 1. The molecule has 1 fully saturated rings. The quantitative estimate of drug-likeness (QED) is 0.498. The van der Waals surface area contributed by atoms with Gasteiger partial charge in [0.25, 0.3) is 5.91 Å². The predicted molar refractivity (Wildman–Crippen MR) is 113 cm³/mol. The van der Waals surface area contributed by atoms with Crippen molar-refractivity contribution < 1.29 is 23.8 Å². The number of nitrogens with zero attached hydrogens (tertiary/aromatic N) is 4. The van der Waals surface area contributed by atoms with Crippen LogP contribution in [0.2, 0.25) is 5.02 Å². The molecule has 30 heavy (non-hydrogen) atoms. The molecule has 1 aromatic carbocycles. The zero-order valence-electron chi connectivity index (χ0n) is 16.7. The Bertz CT molecular complexity index is 970. The van der Waals surface area contributed by atoms with Crippen molar-refractivity contribution in [2.24, 2.45) is 7.05 Å². The van der Waals surface area contributed by atoms with Crippen molar-refractivity contribution in [3.8, 4) is 0 Å². The van der Waals surface area contributed by atoms with Crippen LogP contribution in [0.1, 0.15) is 30.1 Å². The zero-order chi connectivity index (χ0) is 22.0. The number of aliphatic hydroxyl groups is 1. The molecule has 2 amide bonds. The van der Waals surface area contributed by atoms with Crippen LogP contribution >= 0.6 is 27.5 Å². The van der Waals surface area contributed by atoms with Gasteiger partial charge in [0.15, 0.2) is 5.82 Å². The molecule has 8 nitrogen and oxygen atoms in total. The van der Waals surface area contributed by atoms with Crippen LogP contribution in [0, 0.1) is 5.82 Å². The average molecular weight is 506 g/mol. The van der Waals surface area contributed by atoms with Crippen LogP contribution in [0.3, 0.4) is 0 Å². The summed E-state index contributed by atoms with van der Waals surface area (Å²) >= 11 is 9.35. The molecule has 2 aromatic rings. The van der Waals surface area contributed by atoms with Gasteiger partial charge in [-0.1, -0.05) is 24.9 Å². The Morgan fingerprint density at radius 1 is 1.43 bits per heavy atom. The first-order valence-electron chi connectivity index (χ1n) is 9.63. The van der Waals surface area contributed by atoms with E-state index in [1.165, 1.54) is 14.5 Å². The Morgan fingerprint density at radius 3 is 2.83 bits per heavy atom. The molecule has 0 saturated carbocycles. The van der Waals surface area contributed by atoms with Crippen molar-refractivity contribution in [2.45, 2.75) is 25.8 Å². The smallest absolute Gasteiger partial charge is 0.409 e. The molecule has 3 rings (SSSR count). The molecule has 2 heterocycles. The molecule has 0 radical (unpaired) electrons. The Balaban J connectivity index is 1.87. The van der Waals surface area contributed by atoms with Gasteiger partial charge in [0.1, 0.15) is 11.1 Å². The summed E-state index contributed by atoms with van der Waals surface area (Å²) in [4.78, 5) is 28.3. The Kier molecular flexibility index (Phi) is 7.20. The molecule has 0 unspecified atom stereocenters. The number of hydrogen-bond acceptors (Lipinski definition) is 5. The lowest BCUT2D eigenvalue weighted by Crippen LogP contribution is -2.58. The van der Waals surface area contributed by atoms with Gasteiger partial charge >= 0.3 is 6.09 Å². The average Bonchev–Trinajstić information content (AvgIpc) is 3.12. The molecular weight excluding hydrogens is 483 g/mol. The van der Waals surface area contributed by atoms with E-state index in [4.69, 9.17) is 16.3 Å². The molecule has 1 aliphatic heterocycles. The number of benzene rings is 1. The van der Waals surface area contributed by atoms with Crippen LogP contribution in [0.25, 0.3) is 10.9 Å². The summed E-state index contributed by atoms with van der Waals surface area (Å²) in [5, 5.41) is 14.4. The summed E-state index contributed by atoms with van der Waals surface area (Å²) in [6.07, 6.45) is 2.81. The van der Waals surface area contributed by atoms with E-state index in [2.05, 4.69) is 21.0 Å². The van der Waals surface area contributed by atoms with Crippen LogP contribution in [-0.4, -0.2) is 75.6 Å². The topological polar surface area (TPSA) is 87.9 Å². The number of hydrogen-bond donors (Lipinski definition) is 1. The largest absolute Gasteiger partial charge is 0.449 e. The van der Waals surface area contributed by atoms with Crippen molar-refractivity contribution in [3.63, 3.8) is 0 Å². The van der Waals surface area contributed by atoms with E-state index in [-0.39, 0.29) is 42.3 Å². The molecule has 0 bridgehead atoms. The van der Waals surface area contributed by atoms with E-state index in [1.54, 1.807) is 13.2 Å². The zero-order valence-corrected chi connectivity index (χ0v) is 19.0. The first kappa shape index (κ1) is 22.8. The van der Waals surface area contributed by atoms with E-state index in [9.17, 15) is 14.7 Å². The first-order chi connectivity index (χ1) is 14.3. The van der Waals surface area contributed by atoms with Gasteiger partial charge in [-0.3, -0.25) is 9.48 Å². The summed E-state index contributed by atoms with van der Waals surface area (Å²) in [5.74, 6) is -1.51. The van der Waals surface area contributed by atoms with Crippen molar-refractivity contribution >= 4 is 50.4 Å². The number of aliphatic hydroxyl groups excluding tert-OH is 1. The molecule has 1 atom stereocenters. The minimum atomic E-state index is -0.877. The number of carbonyl (C=O) groups excluding carboxylic acids is 2. The van der Waals surface area contributed by atoms with Gasteiger partial charge in [0, 0.05) is 38.3 Å². The lowest BCUT2D eigenvalue weighted by Gasteiger charge is -2.40. The molecule has 1 N–H and O–H groups in total. The minimum absolute atomic E-state index is 0.0877. The lowest BCUT2D eigenvalue weighted by molar-refractivity contribution is 0.0243. The maximum atomic E-state index is 15.0. The van der Waals surface area contributed by atoms with E-state index >= 15 is 4.39 Å². The van der Waals surface area contributed by atoms with Crippen LogP contribution in [0.5, 0.6) is 0 Å². The number of rotatable bonds is 5. The highest BCUT2D eigenvalue weighted by Crippen LogP contribution is 2.37. The number of amides is 2. The number of piperazine rings is 1. The second-order valence-electron chi connectivity index (χ2n) is 7.13. The number of carbonyl (C=O) groups is 2. The third-order valence-corrected chi connectivity index (χ3v) is 6.46. The maximum Gasteiger partial charge on any atom is 0.409 e. The Labute approximate surface area is 186 Å². The monoisotopic (exact) mass is 504 g/mol. The molecule has 0 spiro atoms. The van der Waals surface area contributed by atoms with Crippen molar-refractivity contribution in [1.29, 1.82) is 0 Å². The van der Waals surface area contributed by atoms with E-state index in [0.29, 0.717) is 16.5 Å². The van der Waals surface area contributed by atoms with E-state index in [1.807, 2.05) is 6.92 Å². The first-order valence-corrected chi connectivity index (χ1v) is 10.8. The van der Waals surface area contributed by atoms with Crippen molar-refractivity contribution in [1.82, 2.24) is 19.6 Å². The van der Waals surface area contributed by atoms with Gasteiger partial charge in [-0.05, 0) is 22.4 Å². The van der Waals surface area contributed by atoms with Crippen molar-refractivity contribution in [3.05, 3.63) is 27.1 Å². The summed E-state index contributed by atoms with van der Waals surface area (Å²) in [7, 11) is 1.66. The van der Waals surface area contributed by atoms with Gasteiger partial charge in [-0.25, -0.2) is 9.18 Å². The lowest BCUT2D eigenvalue weighted by atomic mass is 10.1. The second-order valence-corrected chi connectivity index (χ2v) is 8.30. The standard InChI is InChI=1S/C19H23BrClFN4O4/c1-3-4-7-30-19(29)25-5-6-26(11(8-25)10-27)18(28)13-16(22)15(21)14(20)12-9-24(2)23-17(12)13/h9,11,27H,3-8,10H2,1-2H3/t11-/m1/s1. The molecule has 1 aliphatic rings. The number of unbranched alkanes of at least 4 members (excludes halogenated alkanes) is 1. The molecule has 0 aliphatic carbocycles. The van der Waals surface area contributed by atoms with Crippen molar-refractivity contribution in [2.75, 3.05) is 32.8 Å². The number of halogens is 3. The fraction of sp³-hybridized carbons (Fsp3) is 0.526. The van der Waals surface area contributed by atoms with Gasteiger partial charge in [-0.15, -0.1) is 0 Å². The van der Waals surface area contributed by atoms with E-state index < -0.39 is 23.9 Å². The maximum absolute atomic E-state index is 15.0. The Morgan fingerprint density at radius 2 is 2.17 bits per heavy atom. The van der Waals surface area contributed by atoms with Crippen LogP contribution in [0.4, 0.5) is 9.18 Å². The molecule has 164 valence electrons. The third-order valence-electron chi connectivity index (χ3n) is 5.06. The number of aromatic nitrogens is 2. The van der Waals surface area contributed by atoms with Crippen LogP contribution in [0.15, 0.2) is 10.7 Å². The summed E-state index contributed by atoms with van der Waals surface area (Å²) in [5.41, 5.74) is -0.0782. The van der Waals surface area contributed by atoms with Crippen LogP contribution in [-0.2, 0) is 11.8 Å². The molecule has 1 saturated heterocycles. The van der Waals surface area contributed by atoms with Crippen LogP contribution < -0.4 is 0 Å². The normalized spacial score (nSPS) is 16.9. The van der Waals surface area contributed by atoms with Gasteiger partial charge in [0.05, 0.1) is 28.8 Å². The Hall–Kier alpha value is -1.91. The van der Waals surface area contributed by atoms with E-state index in [0.717, 1.165) is 12.8 Å². The molecule has 11 heteroatoms. The third kappa shape index (κ3) is 4.26. The summed E-state index contributed by atoms with van der Waals surface area (Å²) in [6, 6.07) is -0.703. The summed E-state index contributed by atoms with van der Waals surface area (Å²) in [6.45, 7) is 2.34. The van der Waals surface area contributed by atoms with Gasteiger partial charge in [-0.2, -0.15) is 5.10 Å². The highest BCUT2D eigenvalue weighted by molar-refractivity contribution is 9.10. The highest BCUT2D eigenvalue weighted by atomic mass is 79.9. The molecular formula is C19H23BrClFN4O4. The van der Waals surface area contributed by atoms with Gasteiger partial charge in [0.2, 0.25) is 0 Å². The highest BCUT2D eigenvalue weighted by Gasteiger charge is 2.36.